The summed E-state index contributed by atoms with van der Waals surface area (Å²) >= 11 is 0. The number of amides is 1. The number of aromatic nitrogens is 2. The Bertz CT molecular complexity index is 693. The van der Waals surface area contributed by atoms with Crippen molar-refractivity contribution in [2.75, 3.05) is 11.9 Å². The van der Waals surface area contributed by atoms with E-state index in [4.69, 9.17) is 0 Å². The number of nitrogens with zero attached hydrogens (tertiary/aromatic N) is 2. The number of carbonyl (C=O) groups is 1. The van der Waals surface area contributed by atoms with E-state index in [0.717, 1.165) is 42.9 Å². The van der Waals surface area contributed by atoms with Crippen LogP contribution in [0.5, 0.6) is 0 Å². The van der Waals surface area contributed by atoms with Crippen LogP contribution >= 0.6 is 0 Å². The maximum atomic E-state index is 12.0. The third kappa shape index (κ3) is 4.06. The SMILES string of the molecule is CCCNc1cc(C)nc(-c2ccc(C(=O)NC3CC3)cc2)n1. The van der Waals surface area contributed by atoms with Gasteiger partial charge in [0.2, 0.25) is 0 Å². The van der Waals surface area contributed by atoms with Gasteiger partial charge in [-0.3, -0.25) is 4.79 Å². The van der Waals surface area contributed by atoms with Gasteiger partial charge in [-0.1, -0.05) is 19.1 Å². The summed E-state index contributed by atoms with van der Waals surface area (Å²) in [7, 11) is 0. The molecule has 1 aliphatic rings. The Morgan fingerprint density at radius 1 is 1.22 bits per heavy atom. The largest absolute Gasteiger partial charge is 0.370 e. The van der Waals surface area contributed by atoms with Gasteiger partial charge in [-0.05, 0) is 38.3 Å². The lowest BCUT2D eigenvalue weighted by atomic mass is 10.1. The molecule has 1 fully saturated rings. The second-order valence-electron chi connectivity index (χ2n) is 5.97. The Morgan fingerprint density at radius 3 is 2.61 bits per heavy atom. The molecule has 0 bridgehead atoms. The number of hydrogen-bond acceptors (Lipinski definition) is 4. The van der Waals surface area contributed by atoms with Gasteiger partial charge in [0.05, 0.1) is 0 Å². The molecule has 0 radical (unpaired) electrons. The summed E-state index contributed by atoms with van der Waals surface area (Å²) < 4.78 is 0. The quantitative estimate of drug-likeness (QED) is 0.860. The summed E-state index contributed by atoms with van der Waals surface area (Å²) in [5.74, 6) is 1.51. The molecule has 0 spiro atoms. The molecule has 0 atom stereocenters. The van der Waals surface area contributed by atoms with Gasteiger partial charge in [-0.15, -0.1) is 0 Å². The van der Waals surface area contributed by atoms with Crippen molar-refractivity contribution in [3.63, 3.8) is 0 Å². The average molecular weight is 310 g/mol. The van der Waals surface area contributed by atoms with E-state index in [9.17, 15) is 4.79 Å². The van der Waals surface area contributed by atoms with Crippen LogP contribution in [-0.2, 0) is 0 Å². The first-order valence-corrected chi connectivity index (χ1v) is 8.16. The molecule has 3 rings (SSSR count). The molecule has 1 amide bonds. The molecule has 0 unspecified atom stereocenters. The third-order valence-corrected chi connectivity index (χ3v) is 3.73. The van der Waals surface area contributed by atoms with Crippen LogP contribution in [-0.4, -0.2) is 28.5 Å². The molecule has 120 valence electrons. The van der Waals surface area contributed by atoms with Crippen molar-refractivity contribution in [1.82, 2.24) is 15.3 Å². The van der Waals surface area contributed by atoms with Crippen molar-refractivity contribution >= 4 is 11.7 Å². The number of nitrogens with one attached hydrogen (secondary N) is 2. The minimum atomic E-state index is -0.00508. The highest BCUT2D eigenvalue weighted by atomic mass is 16.1. The van der Waals surface area contributed by atoms with Crippen molar-refractivity contribution in [2.24, 2.45) is 0 Å². The van der Waals surface area contributed by atoms with Gasteiger partial charge in [0.1, 0.15) is 5.82 Å². The molecule has 0 saturated heterocycles. The molecule has 23 heavy (non-hydrogen) atoms. The highest BCUT2D eigenvalue weighted by Gasteiger charge is 2.23. The van der Waals surface area contributed by atoms with Crippen LogP contribution in [0.15, 0.2) is 30.3 Å². The zero-order valence-corrected chi connectivity index (χ0v) is 13.6. The first-order valence-electron chi connectivity index (χ1n) is 8.16. The summed E-state index contributed by atoms with van der Waals surface area (Å²) in [4.78, 5) is 21.1. The van der Waals surface area contributed by atoms with Gasteiger partial charge in [-0.25, -0.2) is 9.97 Å². The van der Waals surface area contributed by atoms with Crippen LogP contribution in [0.2, 0.25) is 0 Å². The van der Waals surface area contributed by atoms with Crippen molar-refractivity contribution < 1.29 is 4.79 Å². The second-order valence-corrected chi connectivity index (χ2v) is 5.97. The molecule has 1 aromatic carbocycles. The standard InChI is InChI=1S/C18H22N4O/c1-3-10-19-16-11-12(2)20-17(22-16)13-4-6-14(7-5-13)18(23)21-15-8-9-15/h4-7,11,15H,3,8-10H2,1-2H3,(H,21,23)(H,19,20,22). The number of hydrogen-bond donors (Lipinski definition) is 2. The molecule has 5 heteroatoms. The van der Waals surface area contributed by atoms with Crippen LogP contribution < -0.4 is 10.6 Å². The Labute approximate surface area is 136 Å². The molecule has 1 heterocycles. The lowest BCUT2D eigenvalue weighted by molar-refractivity contribution is 0.0951. The summed E-state index contributed by atoms with van der Waals surface area (Å²) in [6.07, 6.45) is 3.23. The van der Waals surface area contributed by atoms with Crippen molar-refractivity contribution in [3.8, 4) is 11.4 Å². The lowest BCUT2D eigenvalue weighted by Gasteiger charge is -2.08. The van der Waals surface area contributed by atoms with Crippen molar-refractivity contribution in [1.29, 1.82) is 0 Å². The normalized spacial score (nSPS) is 13.7. The van der Waals surface area contributed by atoms with Gasteiger partial charge < -0.3 is 10.6 Å². The topological polar surface area (TPSA) is 66.9 Å². The average Bonchev–Trinajstić information content (AvgIpc) is 3.36. The predicted molar refractivity (Wildman–Crippen MR) is 91.5 cm³/mol. The number of anilines is 1. The van der Waals surface area contributed by atoms with Gasteiger partial charge in [0.25, 0.3) is 5.91 Å². The molecule has 2 aromatic rings. The lowest BCUT2D eigenvalue weighted by Crippen LogP contribution is -2.25. The Hall–Kier alpha value is -2.43. The Balaban J connectivity index is 1.78. The Morgan fingerprint density at radius 2 is 1.96 bits per heavy atom. The van der Waals surface area contributed by atoms with Crippen LogP contribution in [0.4, 0.5) is 5.82 Å². The fourth-order valence-corrected chi connectivity index (χ4v) is 2.31. The molecule has 0 aliphatic heterocycles. The van der Waals surface area contributed by atoms with Crippen molar-refractivity contribution in [3.05, 3.63) is 41.6 Å². The maximum absolute atomic E-state index is 12.0. The highest BCUT2D eigenvalue weighted by molar-refractivity contribution is 5.94. The minimum absolute atomic E-state index is 0.00508. The summed E-state index contributed by atoms with van der Waals surface area (Å²) in [6, 6.07) is 9.78. The van der Waals surface area contributed by atoms with Gasteiger partial charge in [-0.2, -0.15) is 0 Å². The Kier molecular flexibility index (Phi) is 4.55. The van der Waals surface area contributed by atoms with Gasteiger partial charge in [0, 0.05) is 35.5 Å². The van der Waals surface area contributed by atoms with Crippen molar-refractivity contribution in [2.45, 2.75) is 39.2 Å². The van der Waals surface area contributed by atoms with E-state index in [1.54, 1.807) is 0 Å². The minimum Gasteiger partial charge on any atom is -0.370 e. The molecule has 1 saturated carbocycles. The number of rotatable bonds is 6. The van der Waals surface area contributed by atoms with Gasteiger partial charge in [0.15, 0.2) is 5.82 Å². The molecule has 5 nitrogen and oxygen atoms in total. The molecule has 2 N–H and O–H groups in total. The zero-order valence-electron chi connectivity index (χ0n) is 13.6. The second kappa shape index (κ2) is 6.77. The molecular formula is C18H22N4O. The smallest absolute Gasteiger partial charge is 0.251 e. The van der Waals surface area contributed by atoms with E-state index in [1.807, 2.05) is 37.3 Å². The molecular weight excluding hydrogens is 288 g/mol. The van der Waals surface area contributed by atoms with E-state index < -0.39 is 0 Å². The number of benzene rings is 1. The van der Waals surface area contributed by atoms with E-state index in [0.29, 0.717) is 17.4 Å². The van der Waals surface area contributed by atoms with E-state index in [-0.39, 0.29) is 5.91 Å². The van der Waals surface area contributed by atoms with Crippen LogP contribution in [0, 0.1) is 6.92 Å². The summed E-state index contributed by atoms with van der Waals surface area (Å²) in [5, 5.41) is 6.28. The fraction of sp³-hybridized carbons (Fsp3) is 0.389. The third-order valence-electron chi connectivity index (χ3n) is 3.73. The van der Waals surface area contributed by atoms with Crippen LogP contribution in [0.25, 0.3) is 11.4 Å². The first-order chi connectivity index (χ1) is 11.2. The highest BCUT2D eigenvalue weighted by Crippen LogP contribution is 2.21. The number of aryl methyl sites for hydroxylation is 1. The van der Waals surface area contributed by atoms with Gasteiger partial charge >= 0.3 is 0 Å². The van der Waals surface area contributed by atoms with E-state index in [1.165, 1.54) is 0 Å². The zero-order chi connectivity index (χ0) is 16.2. The van der Waals surface area contributed by atoms with E-state index in [2.05, 4.69) is 27.5 Å². The van der Waals surface area contributed by atoms with Crippen LogP contribution in [0.3, 0.4) is 0 Å². The summed E-state index contributed by atoms with van der Waals surface area (Å²) in [6.45, 7) is 4.96. The number of carbonyl (C=O) groups excluding carboxylic acids is 1. The maximum Gasteiger partial charge on any atom is 0.251 e. The first kappa shape index (κ1) is 15.5. The monoisotopic (exact) mass is 310 g/mol. The predicted octanol–water partition coefficient (Wildman–Crippen LogP) is 3.17. The summed E-state index contributed by atoms with van der Waals surface area (Å²) in [5.41, 5.74) is 2.51. The fourth-order valence-electron chi connectivity index (χ4n) is 2.31. The van der Waals surface area contributed by atoms with Crippen LogP contribution in [0.1, 0.15) is 42.2 Å². The molecule has 1 aliphatic carbocycles. The molecule has 1 aromatic heterocycles. The van der Waals surface area contributed by atoms with E-state index >= 15 is 0 Å².